The van der Waals surface area contributed by atoms with E-state index in [0.717, 1.165) is 6.42 Å². The number of carbonyl (C=O) groups excluding carboxylic acids is 1. The topological polar surface area (TPSA) is 74.4 Å². The first-order valence-electron chi connectivity index (χ1n) is 5.70. The first kappa shape index (κ1) is 13.4. The number of anilines is 1. The highest BCUT2D eigenvalue weighted by Crippen LogP contribution is 2.19. The van der Waals surface area contributed by atoms with Gasteiger partial charge in [-0.1, -0.05) is 6.07 Å². The molecule has 0 radical (unpaired) electrons. The van der Waals surface area contributed by atoms with Gasteiger partial charge in [0.25, 0.3) is 0 Å². The molecule has 2 aromatic heterocycles. The minimum atomic E-state index is -0.511. The van der Waals surface area contributed by atoms with Crippen molar-refractivity contribution in [3.05, 3.63) is 40.2 Å². The van der Waals surface area contributed by atoms with Crippen LogP contribution in [0.4, 0.5) is 5.69 Å². The number of ether oxygens (including phenoxy) is 2. The molecule has 0 saturated heterocycles. The Hall–Kier alpha value is -2.08. The van der Waals surface area contributed by atoms with E-state index in [1.54, 1.807) is 17.4 Å². The van der Waals surface area contributed by atoms with E-state index < -0.39 is 5.97 Å². The van der Waals surface area contributed by atoms with E-state index in [-0.39, 0.29) is 11.6 Å². The summed E-state index contributed by atoms with van der Waals surface area (Å²) in [6, 6.07) is 7.12. The summed E-state index contributed by atoms with van der Waals surface area (Å²) in [5.41, 5.74) is 6.34. The monoisotopic (exact) mass is 278 g/mol. The molecular weight excluding hydrogens is 264 g/mol. The van der Waals surface area contributed by atoms with Gasteiger partial charge in [0.15, 0.2) is 5.69 Å². The summed E-state index contributed by atoms with van der Waals surface area (Å²) < 4.78 is 10.1. The smallest absolute Gasteiger partial charge is 0.356 e. The molecule has 0 aliphatic carbocycles. The average Bonchev–Trinajstić information content (AvgIpc) is 2.93. The molecule has 0 bridgehead atoms. The van der Waals surface area contributed by atoms with Crippen LogP contribution in [0.25, 0.3) is 0 Å². The van der Waals surface area contributed by atoms with E-state index in [2.05, 4.69) is 9.72 Å². The number of hydrogen-bond donors (Lipinski definition) is 1. The molecule has 0 fully saturated rings. The van der Waals surface area contributed by atoms with Gasteiger partial charge in [0.05, 0.1) is 19.4 Å². The van der Waals surface area contributed by atoms with E-state index >= 15 is 0 Å². The van der Waals surface area contributed by atoms with Crippen LogP contribution in [0.3, 0.4) is 0 Å². The van der Waals surface area contributed by atoms with Gasteiger partial charge in [-0.2, -0.15) is 0 Å². The van der Waals surface area contributed by atoms with E-state index in [1.807, 2.05) is 17.5 Å². The molecule has 0 atom stereocenters. The number of nitrogen functional groups attached to an aromatic ring is 1. The van der Waals surface area contributed by atoms with E-state index in [1.165, 1.54) is 18.1 Å². The fourth-order valence-corrected chi connectivity index (χ4v) is 2.18. The second-order valence-electron chi connectivity index (χ2n) is 3.76. The van der Waals surface area contributed by atoms with Crippen molar-refractivity contribution in [2.45, 2.75) is 6.42 Å². The molecule has 0 aliphatic heterocycles. The number of esters is 1. The molecule has 2 N–H and O–H groups in total. The molecule has 0 aromatic carbocycles. The molecule has 0 saturated carbocycles. The van der Waals surface area contributed by atoms with Gasteiger partial charge in [-0.05, 0) is 23.6 Å². The Kier molecular flexibility index (Phi) is 4.35. The lowest BCUT2D eigenvalue weighted by molar-refractivity contribution is 0.0593. The Morgan fingerprint density at radius 1 is 1.42 bits per heavy atom. The van der Waals surface area contributed by atoms with Crippen molar-refractivity contribution in [2.75, 3.05) is 19.5 Å². The van der Waals surface area contributed by atoms with Crippen molar-refractivity contribution >= 4 is 23.0 Å². The third-order valence-electron chi connectivity index (χ3n) is 2.45. The van der Waals surface area contributed by atoms with Gasteiger partial charge in [-0.15, -0.1) is 11.3 Å². The highest BCUT2D eigenvalue weighted by Gasteiger charge is 2.11. The number of pyridine rings is 1. The second kappa shape index (κ2) is 6.19. The van der Waals surface area contributed by atoms with Crippen LogP contribution in [0.5, 0.6) is 5.88 Å². The number of thiophene rings is 1. The van der Waals surface area contributed by atoms with Crippen LogP contribution in [0.2, 0.25) is 0 Å². The molecule has 19 heavy (non-hydrogen) atoms. The van der Waals surface area contributed by atoms with Gasteiger partial charge in [0.2, 0.25) is 5.88 Å². The van der Waals surface area contributed by atoms with E-state index in [4.69, 9.17) is 10.5 Å². The fourth-order valence-electron chi connectivity index (χ4n) is 1.49. The van der Waals surface area contributed by atoms with Gasteiger partial charge in [0, 0.05) is 11.3 Å². The number of carbonyl (C=O) groups is 1. The predicted molar refractivity (Wildman–Crippen MR) is 73.5 cm³/mol. The maximum Gasteiger partial charge on any atom is 0.356 e. The van der Waals surface area contributed by atoms with Crippen LogP contribution in [-0.2, 0) is 11.2 Å². The minimum Gasteiger partial charge on any atom is -0.476 e. The summed E-state index contributed by atoms with van der Waals surface area (Å²) in [6.07, 6.45) is 0.779. The standard InChI is InChI=1S/C13H14N2O3S/c1-17-13(16)11-5-4-10(14)12(15-11)18-7-6-9-3-2-8-19-9/h2-5,8H,6-7,14H2,1H3. The zero-order chi connectivity index (χ0) is 13.7. The van der Waals surface area contributed by atoms with E-state index in [0.29, 0.717) is 12.3 Å². The first-order valence-corrected chi connectivity index (χ1v) is 6.58. The molecule has 0 unspecified atom stereocenters. The maximum atomic E-state index is 11.4. The number of hydrogen-bond acceptors (Lipinski definition) is 6. The quantitative estimate of drug-likeness (QED) is 0.848. The molecule has 0 amide bonds. The van der Waals surface area contributed by atoms with Crippen molar-refractivity contribution in [3.63, 3.8) is 0 Å². The average molecular weight is 278 g/mol. The molecule has 100 valence electrons. The Morgan fingerprint density at radius 3 is 2.95 bits per heavy atom. The SMILES string of the molecule is COC(=O)c1ccc(N)c(OCCc2cccs2)n1. The first-order chi connectivity index (χ1) is 9.20. The zero-order valence-electron chi connectivity index (χ0n) is 10.5. The maximum absolute atomic E-state index is 11.4. The molecule has 2 aromatic rings. The summed E-state index contributed by atoms with van der Waals surface area (Å²) >= 11 is 1.67. The lowest BCUT2D eigenvalue weighted by atomic mass is 10.3. The Morgan fingerprint density at radius 2 is 2.26 bits per heavy atom. The summed E-state index contributed by atoms with van der Waals surface area (Å²) in [4.78, 5) is 16.6. The minimum absolute atomic E-state index is 0.183. The summed E-state index contributed by atoms with van der Waals surface area (Å²) in [7, 11) is 1.30. The van der Waals surface area contributed by atoms with Gasteiger partial charge in [-0.25, -0.2) is 9.78 Å². The van der Waals surface area contributed by atoms with Crippen molar-refractivity contribution in [2.24, 2.45) is 0 Å². The molecule has 5 nitrogen and oxygen atoms in total. The van der Waals surface area contributed by atoms with Crippen molar-refractivity contribution in [1.29, 1.82) is 0 Å². The molecule has 0 spiro atoms. The third kappa shape index (κ3) is 3.45. The Bertz CT molecular complexity index is 555. The van der Waals surface area contributed by atoms with Crippen LogP contribution in [0, 0.1) is 0 Å². The molecule has 6 heteroatoms. The number of nitrogens with zero attached hydrogens (tertiary/aromatic N) is 1. The summed E-state index contributed by atoms with van der Waals surface area (Å²) in [5.74, 6) is -0.248. The fraction of sp³-hybridized carbons (Fsp3) is 0.231. The van der Waals surface area contributed by atoms with Crippen LogP contribution >= 0.6 is 11.3 Å². The molecular formula is C13H14N2O3S. The number of nitrogens with two attached hydrogens (primary N) is 1. The van der Waals surface area contributed by atoms with Crippen LogP contribution in [-0.4, -0.2) is 24.7 Å². The highest BCUT2D eigenvalue weighted by molar-refractivity contribution is 7.09. The van der Waals surface area contributed by atoms with E-state index in [9.17, 15) is 4.79 Å². The lowest BCUT2D eigenvalue weighted by Crippen LogP contribution is -2.09. The van der Waals surface area contributed by atoms with Gasteiger partial charge in [-0.3, -0.25) is 0 Å². The lowest BCUT2D eigenvalue weighted by Gasteiger charge is -2.08. The Balaban J connectivity index is 2.00. The van der Waals surface area contributed by atoms with Crippen LogP contribution in [0.15, 0.2) is 29.6 Å². The van der Waals surface area contributed by atoms with Crippen molar-refractivity contribution in [1.82, 2.24) is 4.98 Å². The van der Waals surface area contributed by atoms with Gasteiger partial charge in [0.1, 0.15) is 0 Å². The number of rotatable bonds is 5. The van der Waals surface area contributed by atoms with Gasteiger partial charge >= 0.3 is 5.97 Å². The van der Waals surface area contributed by atoms with Crippen molar-refractivity contribution in [3.8, 4) is 5.88 Å². The summed E-state index contributed by atoms with van der Waals surface area (Å²) in [6.45, 7) is 0.461. The second-order valence-corrected chi connectivity index (χ2v) is 4.79. The Labute approximate surface area is 115 Å². The predicted octanol–water partition coefficient (Wildman–Crippen LogP) is 2.13. The van der Waals surface area contributed by atoms with Crippen LogP contribution < -0.4 is 10.5 Å². The third-order valence-corrected chi connectivity index (χ3v) is 3.39. The van der Waals surface area contributed by atoms with Gasteiger partial charge < -0.3 is 15.2 Å². The van der Waals surface area contributed by atoms with Crippen LogP contribution in [0.1, 0.15) is 15.4 Å². The molecule has 0 aliphatic rings. The number of methoxy groups -OCH3 is 1. The normalized spacial score (nSPS) is 10.2. The highest BCUT2D eigenvalue weighted by atomic mass is 32.1. The summed E-state index contributed by atoms with van der Waals surface area (Å²) in [5, 5.41) is 2.01. The number of aromatic nitrogens is 1. The zero-order valence-corrected chi connectivity index (χ0v) is 11.3. The van der Waals surface area contributed by atoms with Crippen molar-refractivity contribution < 1.29 is 14.3 Å². The molecule has 2 heterocycles. The molecule has 2 rings (SSSR count). The largest absolute Gasteiger partial charge is 0.476 e.